The number of carbonyl (C=O) groups is 1. The van der Waals surface area contributed by atoms with Crippen LogP contribution in [0.2, 0.25) is 23.2 Å². The van der Waals surface area contributed by atoms with Crippen LogP contribution in [-0.2, 0) is 5.41 Å². The number of rotatable bonds is 8. The largest absolute Gasteiger partial charge is 0.432 e. The Labute approximate surface area is 193 Å². The minimum Gasteiger partial charge on any atom is -0.432 e. The van der Waals surface area contributed by atoms with Gasteiger partial charge in [0, 0.05) is 10.6 Å². The predicted octanol–water partition coefficient (Wildman–Crippen LogP) is 6.31. The molecule has 1 aliphatic heterocycles. The first-order valence-electron chi connectivity index (χ1n) is 11.3. The fraction of sp³-hybridized carbons (Fsp3) is 0.500. The molecule has 0 radical (unpaired) electrons. The van der Waals surface area contributed by atoms with E-state index in [9.17, 15) is 9.59 Å². The van der Waals surface area contributed by atoms with Crippen LogP contribution in [0, 0.1) is 0 Å². The Morgan fingerprint density at radius 1 is 1.06 bits per heavy atom. The highest BCUT2D eigenvalue weighted by molar-refractivity contribution is 6.72. The Balaban J connectivity index is 1.70. The maximum atomic E-state index is 12.7. The summed E-state index contributed by atoms with van der Waals surface area (Å²) in [5, 5.41) is 0.621. The van der Waals surface area contributed by atoms with Crippen LogP contribution < -0.4 is 0 Å². The van der Waals surface area contributed by atoms with Gasteiger partial charge in [-0.3, -0.25) is 9.69 Å². The smallest absolute Gasteiger partial charge is 0.188 e. The number of halogens is 1. The van der Waals surface area contributed by atoms with E-state index in [1.165, 1.54) is 5.56 Å². The molecule has 0 bridgehead atoms. The second-order valence-electron chi connectivity index (χ2n) is 10.3. The maximum Gasteiger partial charge on any atom is 0.188 e. The first-order valence-corrected chi connectivity index (χ1v) is 14.6. The molecule has 3 rings (SSSR count). The third-order valence-corrected chi connectivity index (χ3v) is 11.4. The van der Waals surface area contributed by atoms with E-state index in [1.54, 1.807) is 12.1 Å². The minimum absolute atomic E-state index is 0.0313. The number of Topliss-reactive ketones (excluding diaryl/α,β-unsaturated/α-hetero) is 1. The molecule has 0 saturated carbocycles. The van der Waals surface area contributed by atoms with Crippen molar-refractivity contribution in [3.63, 3.8) is 0 Å². The average molecular weight is 458 g/mol. The topological polar surface area (TPSA) is 40.5 Å². The number of nitrogens with zero attached hydrogens (tertiary/aromatic N) is 1. The normalized spacial score (nSPS) is 17.5. The van der Waals surface area contributed by atoms with E-state index in [4.69, 9.17) is 11.6 Å². The van der Waals surface area contributed by atoms with Crippen LogP contribution in [0.1, 0.15) is 55.5 Å². The Morgan fingerprint density at radius 2 is 1.65 bits per heavy atom. The van der Waals surface area contributed by atoms with E-state index in [2.05, 4.69) is 49.1 Å². The third kappa shape index (κ3) is 5.86. The fourth-order valence-corrected chi connectivity index (χ4v) is 5.26. The molecule has 1 fully saturated rings. The molecule has 0 spiro atoms. The lowest BCUT2D eigenvalue weighted by Gasteiger charge is -2.45. The number of ketones is 1. The van der Waals surface area contributed by atoms with Gasteiger partial charge in [0.05, 0.1) is 6.54 Å². The quantitative estimate of drug-likeness (QED) is 0.372. The molecular weight excluding hydrogens is 422 g/mol. The van der Waals surface area contributed by atoms with Crippen molar-refractivity contribution in [2.75, 3.05) is 19.6 Å². The SMILES string of the molecule is CC(C)(CCC1(c2ccccc2)CCN(CC(=O)c2ccc(Cl)cc2)CC1)[Si](C)(C)O. The van der Waals surface area contributed by atoms with Crippen molar-refractivity contribution in [3.05, 3.63) is 70.7 Å². The molecule has 3 nitrogen and oxygen atoms in total. The monoisotopic (exact) mass is 457 g/mol. The minimum atomic E-state index is -2.24. The zero-order valence-electron chi connectivity index (χ0n) is 19.3. The summed E-state index contributed by atoms with van der Waals surface area (Å²) >= 11 is 5.95. The zero-order chi connectivity index (χ0) is 22.7. The summed E-state index contributed by atoms with van der Waals surface area (Å²) < 4.78 is 0. The van der Waals surface area contributed by atoms with Crippen LogP contribution in [-0.4, -0.2) is 43.4 Å². The summed E-state index contributed by atoms with van der Waals surface area (Å²) in [4.78, 5) is 25.8. The van der Waals surface area contributed by atoms with E-state index in [1.807, 2.05) is 25.2 Å². The van der Waals surface area contributed by atoms with Crippen LogP contribution in [0.15, 0.2) is 54.6 Å². The summed E-state index contributed by atoms with van der Waals surface area (Å²) in [5.74, 6) is 0.151. The molecule has 1 aliphatic rings. The lowest BCUT2D eigenvalue weighted by atomic mass is 9.69. The van der Waals surface area contributed by atoms with E-state index in [-0.39, 0.29) is 16.2 Å². The molecule has 168 valence electrons. The lowest BCUT2D eigenvalue weighted by molar-refractivity contribution is 0.0868. The van der Waals surface area contributed by atoms with E-state index in [0.717, 1.165) is 44.3 Å². The van der Waals surface area contributed by atoms with Gasteiger partial charge in [0.2, 0.25) is 0 Å². The Kier molecular flexibility index (Phi) is 7.47. The van der Waals surface area contributed by atoms with Crippen LogP contribution in [0.25, 0.3) is 0 Å². The van der Waals surface area contributed by atoms with Gasteiger partial charge in [-0.15, -0.1) is 0 Å². The first kappa shape index (κ1) is 24.2. The van der Waals surface area contributed by atoms with Gasteiger partial charge >= 0.3 is 0 Å². The molecule has 0 amide bonds. The number of carbonyl (C=O) groups excluding carboxylic acids is 1. The van der Waals surface area contributed by atoms with Crippen LogP contribution in [0.3, 0.4) is 0 Å². The van der Waals surface area contributed by atoms with Crippen molar-refractivity contribution in [2.24, 2.45) is 0 Å². The molecule has 2 aromatic rings. The third-order valence-electron chi connectivity index (χ3n) is 7.62. The number of likely N-dealkylation sites (tertiary alicyclic amines) is 1. The van der Waals surface area contributed by atoms with Crippen molar-refractivity contribution < 1.29 is 9.59 Å². The van der Waals surface area contributed by atoms with Crippen LogP contribution in [0.5, 0.6) is 0 Å². The predicted molar refractivity (Wildman–Crippen MR) is 133 cm³/mol. The second-order valence-corrected chi connectivity index (χ2v) is 15.2. The van der Waals surface area contributed by atoms with Crippen molar-refractivity contribution >= 4 is 25.7 Å². The lowest BCUT2D eigenvalue weighted by Crippen LogP contribution is -2.46. The Morgan fingerprint density at radius 3 is 2.19 bits per heavy atom. The maximum absolute atomic E-state index is 12.7. The molecule has 1 saturated heterocycles. The van der Waals surface area contributed by atoms with Gasteiger partial charge in [0.1, 0.15) is 0 Å². The molecule has 0 atom stereocenters. The molecule has 5 heteroatoms. The van der Waals surface area contributed by atoms with Crippen molar-refractivity contribution in [1.29, 1.82) is 0 Å². The van der Waals surface area contributed by atoms with Gasteiger partial charge in [-0.1, -0.05) is 55.8 Å². The summed E-state index contributed by atoms with van der Waals surface area (Å²) in [6, 6.07) is 18.0. The Hall–Kier alpha value is -1.46. The van der Waals surface area contributed by atoms with Gasteiger partial charge < -0.3 is 4.80 Å². The molecule has 0 aromatic heterocycles. The highest BCUT2D eigenvalue weighted by Crippen LogP contribution is 2.47. The summed E-state index contributed by atoms with van der Waals surface area (Å²) in [6.07, 6.45) is 4.16. The zero-order valence-corrected chi connectivity index (χ0v) is 21.1. The molecule has 2 aromatic carbocycles. The highest BCUT2D eigenvalue weighted by atomic mass is 35.5. The van der Waals surface area contributed by atoms with Gasteiger partial charge in [-0.2, -0.15) is 0 Å². The summed E-state index contributed by atoms with van der Waals surface area (Å²) in [6.45, 7) is 10.8. The fourth-order valence-electron chi connectivity index (χ4n) is 4.40. The molecule has 0 aliphatic carbocycles. The number of benzene rings is 2. The van der Waals surface area contributed by atoms with Crippen molar-refractivity contribution in [2.45, 2.75) is 63.1 Å². The number of hydrogen-bond donors (Lipinski definition) is 1. The molecule has 0 unspecified atom stereocenters. The molecule has 1 N–H and O–H groups in total. The van der Waals surface area contributed by atoms with E-state index < -0.39 is 8.32 Å². The standard InChI is InChI=1S/C26H36ClNO2Si/c1-25(2,31(3,4)30)14-15-26(22-8-6-5-7-9-22)16-18-28(19-17-26)20-24(29)21-10-12-23(27)13-11-21/h5-13,30H,14-20H2,1-4H3. The van der Waals surface area contributed by atoms with E-state index >= 15 is 0 Å². The van der Waals surface area contributed by atoms with E-state index in [0.29, 0.717) is 11.6 Å². The highest BCUT2D eigenvalue weighted by Gasteiger charge is 2.42. The van der Waals surface area contributed by atoms with Crippen LogP contribution in [0.4, 0.5) is 0 Å². The van der Waals surface area contributed by atoms with Crippen molar-refractivity contribution in [3.8, 4) is 0 Å². The first-order chi connectivity index (χ1) is 14.5. The van der Waals surface area contributed by atoms with Gasteiger partial charge in [0.25, 0.3) is 0 Å². The molecule has 1 heterocycles. The molecule has 31 heavy (non-hydrogen) atoms. The number of piperidine rings is 1. The second kappa shape index (κ2) is 9.58. The Bertz CT molecular complexity index is 867. The van der Waals surface area contributed by atoms with Crippen LogP contribution >= 0.6 is 11.6 Å². The van der Waals surface area contributed by atoms with Gasteiger partial charge in [-0.05, 0) is 92.1 Å². The average Bonchev–Trinajstić information content (AvgIpc) is 2.74. The summed E-state index contributed by atoms with van der Waals surface area (Å²) in [7, 11) is -2.24. The molecular formula is C26H36ClNO2Si. The summed E-state index contributed by atoms with van der Waals surface area (Å²) in [5.41, 5.74) is 2.23. The van der Waals surface area contributed by atoms with Gasteiger partial charge in [0.15, 0.2) is 14.1 Å². The van der Waals surface area contributed by atoms with Crippen molar-refractivity contribution in [1.82, 2.24) is 4.90 Å². The number of hydrogen-bond acceptors (Lipinski definition) is 3. The van der Waals surface area contributed by atoms with Gasteiger partial charge in [-0.25, -0.2) is 0 Å².